The first-order valence-electron chi connectivity index (χ1n) is 7.43. The lowest BCUT2D eigenvalue weighted by molar-refractivity contribution is -0.384. The van der Waals surface area contributed by atoms with Gasteiger partial charge in [0.25, 0.3) is 5.69 Å². The molecule has 6 nitrogen and oxygen atoms in total. The van der Waals surface area contributed by atoms with E-state index in [0.717, 1.165) is 44.7 Å². The molecular weight excluding hydrogens is 272 g/mol. The van der Waals surface area contributed by atoms with Crippen molar-refractivity contribution in [3.63, 3.8) is 0 Å². The van der Waals surface area contributed by atoms with Gasteiger partial charge in [-0.2, -0.15) is 0 Å². The molecule has 0 bridgehead atoms. The monoisotopic (exact) mass is 294 g/mol. The number of ether oxygens (including phenoxy) is 2. The summed E-state index contributed by atoms with van der Waals surface area (Å²) in [4.78, 5) is 10.6. The van der Waals surface area contributed by atoms with E-state index in [9.17, 15) is 10.1 Å². The van der Waals surface area contributed by atoms with Crippen LogP contribution < -0.4 is 10.1 Å². The molecule has 1 saturated heterocycles. The Hall–Kier alpha value is -1.82. The fraction of sp³-hybridized carbons (Fsp3) is 0.600. The quantitative estimate of drug-likeness (QED) is 0.617. The summed E-state index contributed by atoms with van der Waals surface area (Å²) in [6.07, 6.45) is 2.92. The van der Waals surface area contributed by atoms with Crippen LogP contribution in [-0.4, -0.2) is 31.3 Å². The SMILES string of the molecule is CCCNc1cc(OCC2CCOCC2)cc([N+](=O)[O-])c1. The fourth-order valence-corrected chi connectivity index (χ4v) is 2.27. The van der Waals surface area contributed by atoms with Gasteiger partial charge in [-0.1, -0.05) is 6.92 Å². The third-order valence-electron chi connectivity index (χ3n) is 3.51. The number of nitro groups is 1. The van der Waals surface area contributed by atoms with Gasteiger partial charge in [-0.3, -0.25) is 10.1 Å². The third-order valence-corrected chi connectivity index (χ3v) is 3.51. The Morgan fingerprint density at radius 3 is 2.81 bits per heavy atom. The molecule has 0 aromatic heterocycles. The lowest BCUT2D eigenvalue weighted by atomic mass is 10.0. The van der Waals surface area contributed by atoms with Crippen molar-refractivity contribution in [2.75, 3.05) is 31.7 Å². The maximum atomic E-state index is 11.0. The number of nitrogens with one attached hydrogen (secondary N) is 1. The van der Waals surface area contributed by atoms with E-state index in [2.05, 4.69) is 5.32 Å². The molecule has 1 fully saturated rings. The van der Waals surface area contributed by atoms with Crippen molar-refractivity contribution in [3.05, 3.63) is 28.3 Å². The molecule has 116 valence electrons. The number of nitro benzene ring substituents is 1. The van der Waals surface area contributed by atoms with Gasteiger partial charge >= 0.3 is 0 Å². The Labute approximate surface area is 124 Å². The highest BCUT2D eigenvalue weighted by Crippen LogP contribution is 2.27. The summed E-state index contributed by atoms with van der Waals surface area (Å²) >= 11 is 0. The molecule has 0 aliphatic carbocycles. The highest BCUT2D eigenvalue weighted by atomic mass is 16.6. The van der Waals surface area contributed by atoms with Crippen molar-refractivity contribution in [2.24, 2.45) is 5.92 Å². The molecule has 2 rings (SSSR count). The summed E-state index contributed by atoms with van der Waals surface area (Å²) in [5, 5.41) is 14.2. The topological polar surface area (TPSA) is 73.6 Å². The molecule has 1 aliphatic rings. The van der Waals surface area contributed by atoms with Crippen molar-refractivity contribution in [1.82, 2.24) is 0 Å². The molecule has 0 radical (unpaired) electrons. The van der Waals surface area contributed by atoms with E-state index in [1.54, 1.807) is 0 Å². The van der Waals surface area contributed by atoms with E-state index >= 15 is 0 Å². The molecule has 0 atom stereocenters. The molecule has 1 aromatic carbocycles. The Bertz CT molecular complexity index is 473. The number of benzene rings is 1. The molecule has 6 heteroatoms. The number of anilines is 1. The highest BCUT2D eigenvalue weighted by Gasteiger charge is 2.16. The first-order valence-corrected chi connectivity index (χ1v) is 7.43. The van der Waals surface area contributed by atoms with E-state index in [1.807, 2.05) is 13.0 Å². The van der Waals surface area contributed by atoms with E-state index in [1.165, 1.54) is 12.1 Å². The Morgan fingerprint density at radius 1 is 1.38 bits per heavy atom. The molecule has 1 N–H and O–H groups in total. The van der Waals surface area contributed by atoms with Crippen LogP contribution in [0.2, 0.25) is 0 Å². The van der Waals surface area contributed by atoms with Gasteiger partial charge in [0.1, 0.15) is 5.75 Å². The largest absolute Gasteiger partial charge is 0.493 e. The zero-order valence-electron chi connectivity index (χ0n) is 12.3. The minimum absolute atomic E-state index is 0.0538. The van der Waals surface area contributed by atoms with Crippen molar-refractivity contribution in [3.8, 4) is 5.75 Å². The molecule has 1 aliphatic heterocycles. The standard InChI is InChI=1S/C15H22N2O4/c1-2-5-16-13-8-14(17(18)19)10-15(9-13)21-11-12-3-6-20-7-4-12/h8-10,12,16H,2-7,11H2,1H3. The molecule has 0 saturated carbocycles. The third kappa shape index (κ3) is 4.90. The Kier molecular flexibility index (Phi) is 5.80. The van der Waals surface area contributed by atoms with Crippen LogP contribution in [0, 0.1) is 16.0 Å². The second-order valence-corrected chi connectivity index (χ2v) is 5.27. The number of hydrogen-bond acceptors (Lipinski definition) is 5. The first-order chi connectivity index (χ1) is 10.2. The molecule has 1 heterocycles. The highest BCUT2D eigenvalue weighted by molar-refractivity contribution is 5.56. The van der Waals surface area contributed by atoms with Gasteiger partial charge in [-0.05, 0) is 25.2 Å². The van der Waals surface area contributed by atoms with E-state index in [4.69, 9.17) is 9.47 Å². The minimum Gasteiger partial charge on any atom is -0.493 e. The van der Waals surface area contributed by atoms with Crippen molar-refractivity contribution >= 4 is 11.4 Å². The van der Waals surface area contributed by atoms with Crippen LogP contribution in [0.15, 0.2) is 18.2 Å². The van der Waals surface area contributed by atoms with Crippen LogP contribution in [-0.2, 0) is 4.74 Å². The second-order valence-electron chi connectivity index (χ2n) is 5.27. The lowest BCUT2D eigenvalue weighted by Crippen LogP contribution is -2.21. The van der Waals surface area contributed by atoms with Gasteiger partial charge in [0.2, 0.25) is 0 Å². The summed E-state index contributed by atoms with van der Waals surface area (Å²) < 4.78 is 11.1. The second kappa shape index (κ2) is 7.83. The molecule has 1 aromatic rings. The molecule has 0 spiro atoms. The van der Waals surface area contributed by atoms with Gasteiger partial charge < -0.3 is 14.8 Å². The average Bonchev–Trinajstić information content (AvgIpc) is 2.51. The summed E-state index contributed by atoms with van der Waals surface area (Å²) in [6.45, 7) is 4.95. The summed E-state index contributed by atoms with van der Waals surface area (Å²) in [7, 11) is 0. The van der Waals surface area contributed by atoms with Gasteiger partial charge in [0.15, 0.2) is 0 Å². The maximum Gasteiger partial charge on any atom is 0.275 e. The lowest BCUT2D eigenvalue weighted by Gasteiger charge is -2.22. The summed E-state index contributed by atoms with van der Waals surface area (Å²) in [6, 6.07) is 4.84. The van der Waals surface area contributed by atoms with Crippen LogP contribution in [0.3, 0.4) is 0 Å². The van der Waals surface area contributed by atoms with Crippen molar-refractivity contribution in [1.29, 1.82) is 0 Å². The van der Waals surface area contributed by atoms with E-state index < -0.39 is 4.92 Å². The van der Waals surface area contributed by atoms with Crippen LogP contribution in [0.4, 0.5) is 11.4 Å². The Balaban J connectivity index is 2.02. The fourth-order valence-electron chi connectivity index (χ4n) is 2.27. The van der Waals surface area contributed by atoms with Crippen molar-refractivity contribution < 1.29 is 14.4 Å². The minimum atomic E-state index is -0.390. The van der Waals surface area contributed by atoms with Gasteiger partial charge in [-0.25, -0.2) is 0 Å². The zero-order chi connectivity index (χ0) is 15.1. The smallest absolute Gasteiger partial charge is 0.275 e. The number of rotatable bonds is 7. The van der Waals surface area contributed by atoms with Crippen molar-refractivity contribution in [2.45, 2.75) is 26.2 Å². The van der Waals surface area contributed by atoms with Crippen LogP contribution >= 0.6 is 0 Å². The van der Waals surface area contributed by atoms with Crippen LogP contribution in [0.5, 0.6) is 5.75 Å². The van der Waals surface area contributed by atoms with Crippen LogP contribution in [0.25, 0.3) is 0 Å². The van der Waals surface area contributed by atoms with Gasteiger partial charge in [0, 0.05) is 37.6 Å². The molecule has 0 unspecified atom stereocenters. The number of nitrogens with zero attached hydrogens (tertiary/aromatic N) is 1. The predicted molar refractivity (Wildman–Crippen MR) is 80.9 cm³/mol. The zero-order valence-corrected chi connectivity index (χ0v) is 12.3. The molecule has 21 heavy (non-hydrogen) atoms. The molecule has 0 amide bonds. The predicted octanol–water partition coefficient (Wildman–Crippen LogP) is 3.22. The maximum absolute atomic E-state index is 11.0. The van der Waals surface area contributed by atoms with Gasteiger partial charge in [0.05, 0.1) is 17.6 Å². The normalized spacial score (nSPS) is 15.7. The Morgan fingerprint density at radius 2 is 2.14 bits per heavy atom. The van der Waals surface area contributed by atoms with E-state index in [-0.39, 0.29) is 5.69 Å². The summed E-state index contributed by atoms with van der Waals surface area (Å²) in [5.41, 5.74) is 0.783. The average molecular weight is 294 g/mol. The first kappa shape index (κ1) is 15.6. The summed E-state index contributed by atoms with van der Waals surface area (Å²) in [5.74, 6) is 1.01. The van der Waals surface area contributed by atoms with Crippen LogP contribution in [0.1, 0.15) is 26.2 Å². The number of hydrogen-bond donors (Lipinski definition) is 1. The van der Waals surface area contributed by atoms with E-state index in [0.29, 0.717) is 18.3 Å². The molecular formula is C15H22N2O4. The number of non-ortho nitro benzene ring substituents is 1. The van der Waals surface area contributed by atoms with Gasteiger partial charge in [-0.15, -0.1) is 0 Å².